The summed E-state index contributed by atoms with van der Waals surface area (Å²) in [4.78, 5) is 10.8. The van der Waals surface area contributed by atoms with Gasteiger partial charge in [0.05, 0.1) is 12.7 Å². The maximum absolute atomic E-state index is 10.8. The Morgan fingerprint density at radius 3 is 2.41 bits per heavy atom. The average Bonchev–Trinajstić information content (AvgIpc) is 2.28. The lowest BCUT2D eigenvalue weighted by atomic mass is 10.0. The highest BCUT2D eigenvalue weighted by atomic mass is 16.5. The highest BCUT2D eigenvalue weighted by molar-refractivity contribution is 5.79. The van der Waals surface area contributed by atoms with Crippen molar-refractivity contribution in [3.05, 3.63) is 29.8 Å². The van der Waals surface area contributed by atoms with Gasteiger partial charge in [0.15, 0.2) is 5.92 Å². The minimum absolute atomic E-state index is 0.431. The van der Waals surface area contributed by atoms with Gasteiger partial charge in [0.2, 0.25) is 0 Å². The third kappa shape index (κ3) is 3.80. The normalized spacial score (nSPS) is 11.9. The summed E-state index contributed by atoms with van der Waals surface area (Å²) in [6.45, 7) is 4.70. The Bertz CT molecular complexity index is 417. The molecule has 4 heteroatoms. The predicted molar refractivity (Wildman–Crippen MR) is 62.8 cm³/mol. The molecule has 1 unspecified atom stereocenters. The Morgan fingerprint density at radius 1 is 1.41 bits per heavy atom. The van der Waals surface area contributed by atoms with Crippen LogP contribution < -0.4 is 4.74 Å². The molecular formula is C13H15NO3. The molecule has 0 bridgehead atoms. The molecular weight excluding hydrogens is 218 g/mol. The molecule has 1 atom stereocenters. The van der Waals surface area contributed by atoms with Crippen LogP contribution >= 0.6 is 0 Å². The van der Waals surface area contributed by atoms with Gasteiger partial charge < -0.3 is 9.84 Å². The van der Waals surface area contributed by atoms with E-state index < -0.39 is 11.9 Å². The summed E-state index contributed by atoms with van der Waals surface area (Å²) >= 11 is 0. The summed E-state index contributed by atoms with van der Waals surface area (Å²) in [5.41, 5.74) is 0.469. The highest BCUT2D eigenvalue weighted by Crippen LogP contribution is 2.19. The van der Waals surface area contributed by atoms with Crippen LogP contribution in [0, 0.1) is 17.2 Å². The number of ether oxygens (including phenoxy) is 1. The van der Waals surface area contributed by atoms with E-state index in [4.69, 9.17) is 15.1 Å². The molecule has 1 N–H and O–H groups in total. The summed E-state index contributed by atoms with van der Waals surface area (Å²) in [5.74, 6) is -1.14. The third-order valence-electron chi connectivity index (χ3n) is 2.17. The van der Waals surface area contributed by atoms with Crippen LogP contribution in [-0.4, -0.2) is 17.7 Å². The second-order valence-electron chi connectivity index (χ2n) is 4.17. The van der Waals surface area contributed by atoms with Crippen molar-refractivity contribution in [2.24, 2.45) is 5.92 Å². The highest BCUT2D eigenvalue weighted by Gasteiger charge is 2.18. The molecule has 0 saturated heterocycles. The van der Waals surface area contributed by atoms with E-state index in [2.05, 4.69) is 0 Å². The number of nitriles is 1. The number of carboxylic acid groups (broad SMARTS) is 1. The zero-order chi connectivity index (χ0) is 12.8. The molecule has 0 spiro atoms. The van der Waals surface area contributed by atoms with Gasteiger partial charge in [0, 0.05) is 0 Å². The van der Waals surface area contributed by atoms with E-state index in [1.54, 1.807) is 30.3 Å². The number of carboxylic acids is 1. The molecule has 1 aromatic rings. The fraction of sp³-hybridized carbons (Fsp3) is 0.385. The fourth-order valence-corrected chi connectivity index (χ4v) is 1.29. The van der Waals surface area contributed by atoms with E-state index in [1.165, 1.54) is 0 Å². The van der Waals surface area contributed by atoms with Crippen molar-refractivity contribution in [1.29, 1.82) is 5.26 Å². The van der Waals surface area contributed by atoms with Crippen LogP contribution in [-0.2, 0) is 4.79 Å². The van der Waals surface area contributed by atoms with E-state index in [0.29, 0.717) is 23.8 Å². The lowest BCUT2D eigenvalue weighted by Crippen LogP contribution is -2.09. The van der Waals surface area contributed by atoms with E-state index in [0.717, 1.165) is 0 Å². The molecule has 0 aliphatic carbocycles. The lowest BCUT2D eigenvalue weighted by Gasteiger charge is -2.09. The topological polar surface area (TPSA) is 70.3 Å². The smallest absolute Gasteiger partial charge is 0.325 e. The molecule has 0 aliphatic rings. The fourth-order valence-electron chi connectivity index (χ4n) is 1.29. The Balaban J connectivity index is 2.74. The first kappa shape index (κ1) is 13.0. The van der Waals surface area contributed by atoms with Crippen LogP contribution in [0.1, 0.15) is 25.3 Å². The van der Waals surface area contributed by atoms with E-state index in [1.807, 2.05) is 13.8 Å². The van der Waals surface area contributed by atoms with Gasteiger partial charge in [-0.05, 0) is 23.6 Å². The summed E-state index contributed by atoms with van der Waals surface area (Å²) in [6, 6.07) is 8.34. The van der Waals surface area contributed by atoms with Gasteiger partial charge in [-0.15, -0.1) is 0 Å². The van der Waals surface area contributed by atoms with Crippen LogP contribution in [0.5, 0.6) is 5.75 Å². The van der Waals surface area contributed by atoms with Crippen molar-refractivity contribution in [1.82, 2.24) is 0 Å². The molecule has 0 saturated carbocycles. The molecule has 1 rings (SSSR count). The lowest BCUT2D eigenvalue weighted by molar-refractivity contribution is -0.137. The van der Waals surface area contributed by atoms with Crippen molar-refractivity contribution in [3.63, 3.8) is 0 Å². The van der Waals surface area contributed by atoms with E-state index >= 15 is 0 Å². The van der Waals surface area contributed by atoms with Crippen LogP contribution in [0.15, 0.2) is 24.3 Å². The molecule has 0 aromatic heterocycles. The van der Waals surface area contributed by atoms with Gasteiger partial charge in [-0.2, -0.15) is 5.26 Å². The summed E-state index contributed by atoms with van der Waals surface area (Å²) in [6.07, 6.45) is 0. The quantitative estimate of drug-likeness (QED) is 0.847. The molecule has 0 heterocycles. The zero-order valence-corrected chi connectivity index (χ0v) is 9.88. The minimum atomic E-state index is -1.14. The first-order valence-electron chi connectivity index (χ1n) is 5.39. The van der Waals surface area contributed by atoms with Crippen molar-refractivity contribution in [2.75, 3.05) is 6.61 Å². The van der Waals surface area contributed by atoms with Gasteiger partial charge >= 0.3 is 5.97 Å². The Hall–Kier alpha value is -2.02. The SMILES string of the molecule is CC(C)COc1ccc(C(C#N)C(=O)O)cc1. The number of hydrogen-bond acceptors (Lipinski definition) is 3. The van der Waals surface area contributed by atoms with Gasteiger partial charge in [0.1, 0.15) is 5.75 Å². The predicted octanol–water partition coefficient (Wildman–Crippen LogP) is 2.41. The number of carbonyl (C=O) groups is 1. The molecule has 1 aromatic carbocycles. The summed E-state index contributed by atoms with van der Waals surface area (Å²) < 4.78 is 5.47. The molecule has 0 aliphatic heterocycles. The molecule has 4 nitrogen and oxygen atoms in total. The van der Waals surface area contributed by atoms with Crippen LogP contribution in [0.4, 0.5) is 0 Å². The third-order valence-corrected chi connectivity index (χ3v) is 2.17. The first-order valence-corrected chi connectivity index (χ1v) is 5.39. The number of benzene rings is 1. The molecule has 90 valence electrons. The van der Waals surface area contributed by atoms with Crippen molar-refractivity contribution < 1.29 is 14.6 Å². The number of hydrogen-bond donors (Lipinski definition) is 1. The van der Waals surface area contributed by atoms with Crippen molar-refractivity contribution in [3.8, 4) is 11.8 Å². The average molecular weight is 233 g/mol. The number of rotatable bonds is 5. The Morgan fingerprint density at radius 2 is 2.00 bits per heavy atom. The maximum atomic E-state index is 10.8. The molecule has 0 radical (unpaired) electrons. The van der Waals surface area contributed by atoms with Crippen LogP contribution in [0.25, 0.3) is 0 Å². The van der Waals surface area contributed by atoms with E-state index in [9.17, 15) is 4.79 Å². The van der Waals surface area contributed by atoms with Gasteiger partial charge in [-0.25, -0.2) is 0 Å². The summed E-state index contributed by atoms with van der Waals surface area (Å²) in [5, 5.41) is 17.6. The molecule has 0 amide bonds. The van der Waals surface area contributed by atoms with Crippen molar-refractivity contribution >= 4 is 5.97 Å². The standard InChI is InChI=1S/C13H15NO3/c1-9(2)8-17-11-5-3-10(4-6-11)12(7-14)13(15)16/h3-6,9,12H,8H2,1-2H3,(H,15,16). The Labute approximate surface area is 100 Å². The maximum Gasteiger partial charge on any atom is 0.325 e. The summed E-state index contributed by atoms with van der Waals surface area (Å²) in [7, 11) is 0. The van der Waals surface area contributed by atoms with Crippen LogP contribution in [0.3, 0.4) is 0 Å². The monoisotopic (exact) mass is 233 g/mol. The van der Waals surface area contributed by atoms with Crippen molar-refractivity contribution in [2.45, 2.75) is 19.8 Å². The molecule has 17 heavy (non-hydrogen) atoms. The van der Waals surface area contributed by atoms with Gasteiger partial charge in [0.25, 0.3) is 0 Å². The second-order valence-corrected chi connectivity index (χ2v) is 4.17. The number of aliphatic carboxylic acids is 1. The Kier molecular flexibility index (Phi) is 4.53. The van der Waals surface area contributed by atoms with Gasteiger partial charge in [-0.1, -0.05) is 26.0 Å². The zero-order valence-electron chi connectivity index (χ0n) is 9.88. The second kappa shape index (κ2) is 5.90. The van der Waals surface area contributed by atoms with E-state index in [-0.39, 0.29) is 0 Å². The first-order chi connectivity index (χ1) is 8.04. The van der Waals surface area contributed by atoms with Gasteiger partial charge in [-0.3, -0.25) is 4.79 Å². The molecule has 0 fully saturated rings. The minimum Gasteiger partial charge on any atom is -0.493 e. The van der Waals surface area contributed by atoms with Crippen LogP contribution in [0.2, 0.25) is 0 Å². The number of nitrogens with zero attached hydrogens (tertiary/aromatic N) is 1. The largest absolute Gasteiger partial charge is 0.493 e.